The van der Waals surface area contributed by atoms with Crippen molar-refractivity contribution in [3.05, 3.63) is 18.2 Å². The minimum Gasteiger partial charge on any atom is -0.379 e. The first kappa shape index (κ1) is 14.5. The van der Waals surface area contributed by atoms with E-state index in [1.165, 1.54) is 25.0 Å². The molecule has 0 amide bonds. The van der Waals surface area contributed by atoms with E-state index in [1.54, 1.807) is 0 Å². The summed E-state index contributed by atoms with van der Waals surface area (Å²) in [7, 11) is 0. The normalized spacial score (nSPS) is 24.0. The molecule has 1 saturated heterocycles. The number of nitrogens with zero attached hydrogens (tertiary/aromatic N) is 2. The fraction of sp³-hybridized carbons (Fsp3) is 0.800. The molecule has 0 spiro atoms. The van der Waals surface area contributed by atoms with E-state index >= 15 is 0 Å². The maximum Gasteiger partial charge on any atom is 0.0949 e. The van der Waals surface area contributed by atoms with Gasteiger partial charge in [0.2, 0.25) is 0 Å². The van der Waals surface area contributed by atoms with Crippen molar-refractivity contribution in [2.45, 2.75) is 58.7 Å². The Labute approximate surface area is 116 Å². The second-order valence-corrected chi connectivity index (χ2v) is 6.03. The Morgan fingerprint density at radius 2 is 2.32 bits per heavy atom. The van der Waals surface area contributed by atoms with Crippen LogP contribution in [0.3, 0.4) is 0 Å². The van der Waals surface area contributed by atoms with Gasteiger partial charge in [-0.3, -0.25) is 0 Å². The quantitative estimate of drug-likeness (QED) is 0.804. The first-order chi connectivity index (χ1) is 9.16. The second-order valence-electron chi connectivity index (χ2n) is 6.03. The van der Waals surface area contributed by atoms with E-state index in [-0.39, 0.29) is 0 Å². The average molecular weight is 265 g/mol. The lowest BCUT2D eigenvalue weighted by Gasteiger charge is -2.29. The van der Waals surface area contributed by atoms with E-state index in [4.69, 9.17) is 4.74 Å². The smallest absolute Gasteiger partial charge is 0.0949 e. The molecule has 1 aromatic rings. The van der Waals surface area contributed by atoms with Crippen LogP contribution in [0.15, 0.2) is 12.5 Å². The Balaban J connectivity index is 1.86. The van der Waals surface area contributed by atoms with Gasteiger partial charge in [0.25, 0.3) is 0 Å². The summed E-state index contributed by atoms with van der Waals surface area (Å²) < 4.78 is 7.90. The Bertz CT molecular complexity index is 375. The van der Waals surface area contributed by atoms with E-state index in [0.29, 0.717) is 18.0 Å². The number of piperidine rings is 1. The molecular formula is C15H27N3O. The van der Waals surface area contributed by atoms with Gasteiger partial charge >= 0.3 is 0 Å². The number of hydrogen-bond acceptors (Lipinski definition) is 3. The standard InChI is InChI=1S/C15H27N3O/c1-12(2)10-19-8-7-18-11-16-9-15(18)14-6-4-5-13(3)17-14/h9,11-14,17H,4-8,10H2,1-3H3. The summed E-state index contributed by atoms with van der Waals surface area (Å²) in [5.74, 6) is 0.600. The van der Waals surface area contributed by atoms with Gasteiger partial charge in [0, 0.05) is 31.4 Å². The van der Waals surface area contributed by atoms with E-state index in [0.717, 1.165) is 19.8 Å². The minimum absolute atomic E-state index is 0.455. The second kappa shape index (κ2) is 7.06. The third kappa shape index (κ3) is 4.32. The van der Waals surface area contributed by atoms with Crippen molar-refractivity contribution in [1.82, 2.24) is 14.9 Å². The minimum atomic E-state index is 0.455. The van der Waals surface area contributed by atoms with Crippen LogP contribution in [0.2, 0.25) is 0 Å². The van der Waals surface area contributed by atoms with Gasteiger partial charge < -0.3 is 14.6 Å². The zero-order valence-electron chi connectivity index (χ0n) is 12.4. The SMILES string of the molecule is CC(C)COCCn1cncc1C1CCCC(C)N1. The number of nitrogens with one attached hydrogen (secondary N) is 1. The topological polar surface area (TPSA) is 39.1 Å². The lowest BCUT2D eigenvalue weighted by molar-refractivity contribution is 0.102. The van der Waals surface area contributed by atoms with Gasteiger partial charge in [-0.2, -0.15) is 0 Å². The molecule has 1 aliphatic heterocycles. The molecule has 108 valence electrons. The highest BCUT2D eigenvalue weighted by atomic mass is 16.5. The van der Waals surface area contributed by atoms with Crippen LogP contribution in [-0.4, -0.2) is 28.8 Å². The summed E-state index contributed by atoms with van der Waals surface area (Å²) in [5, 5.41) is 3.67. The number of aromatic nitrogens is 2. The van der Waals surface area contributed by atoms with Crippen molar-refractivity contribution in [2.24, 2.45) is 5.92 Å². The Kier molecular flexibility index (Phi) is 5.40. The van der Waals surface area contributed by atoms with Gasteiger partial charge in [-0.15, -0.1) is 0 Å². The predicted molar refractivity (Wildman–Crippen MR) is 77.1 cm³/mol. The highest BCUT2D eigenvalue weighted by Gasteiger charge is 2.21. The summed E-state index contributed by atoms with van der Waals surface area (Å²) in [6.07, 6.45) is 7.71. The molecule has 1 aromatic heterocycles. The molecule has 1 fully saturated rings. The van der Waals surface area contributed by atoms with Crippen molar-refractivity contribution in [3.8, 4) is 0 Å². The lowest BCUT2D eigenvalue weighted by Crippen LogP contribution is -2.35. The van der Waals surface area contributed by atoms with Gasteiger partial charge in [0.1, 0.15) is 0 Å². The number of imidazole rings is 1. The Morgan fingerprint density at radius 1 is 1.47 bits per heavy atom. The Morgan fingerprint density at radius 3 is 3.05 bits per heavy atom. The maximum atomic E-state index is 5.66. The maximum absolute atomic E-state index is 5.66. The molecule has 0 bridgehead atoms. The molecule has 19 heavy (non-hydrogen) atoms. The first-order valence-corrected chi connectivity index (χ1v) is 7.50. The van der Waals surface area contributed by atoms with Crippen molar-refractivity contribution >= 4 is 0 Å². The van der Waals surface area contributed by atoms with Crippen LogP contribution in [0.5, 0.6) is 0 Å². The van der Waals surface area contributed by atoms with Crippen molar-refractivity contribution < 1.29 is 4.74 Å². The zero-order chi connectivity index (χ0) is 13.7. The van der Waals surface area contributed by atoms with Crippen molar-refractivity contribution in [2.75, 3.05) is 13.2 Å². The summed E-state index contributed by atoms with van der Waals surface area (Å²) >= 11 is 0. The van der Waals surface area contributed by atoms with Crippen LogP contribution in [0.1, 0.15) is 51.8 Å². The number of rotatable bonds is 6. The fourth-order valence-electron chi connectivity index (χ4n) is 2.66. The Hall–Kier alpha value is -0.870. The highest BCUT2D eigenvalue weighted by molar-refractivity contribution is 5.07. The molecule has 2 unspecified atom stereocenters. The zero-order valence-corrected chi connectivity index (χ0v) is 12.4. The molecular weight excluding hydrogens is 238 g/mol. The van der Waals surface area contributed by atoms with E-state index < -0.39 is 0 Å². The lowest BCUT2D eigenvalue weighted by atomic mass is 9.97. The monoisotopic (exact) mass is 265 g/mol. The van der Waals surface area contributed by atoms with E-state index in [9.17, 15) is 0 Å². The molecule has 0 aromatic carbocycles. The van der Waals surface area contributed by atoms with Crippen LogP contribution in [0.4, 0.5) is 0 Å². The van der Waals surface area contributed by atoms with Gasteiger partial charge in [-0.25, -0.2) is 4.98 Å². The first-order valence-electron chi connectivity index (χ1n) is 7.50. The van der Waals surface area contributed by atoms with E-state index in [1.807, 2.05) is 12.5 Å². The molecule has 1 N–H and O–H groups in total. The van der Waals surface area contributed by atoms with Crippen LogP contribution in [-0.2, 0) is 11.3 Å². The molecule has 4 heteroatoms. The number of ether oxygens (including phenoxy) is 1. The predicted octanol–water partition coefficient (Wildman–Crippen LogP) is 2.76. The van der Waals surface area contributed by atoms with E-state index in [2.05, 4.69) is 35.6 Å². The highest BCUT2D eigenvalue weighted by Crippen LogP contribution is 2.25. The fourth-order valence-corrected chi connectivity index (χ4v) is 2.66. The van der Waals surface area contributed by atoms with Gasteiger partial charge in [-0.05, 0) is 32.1 Å². The van der Waals surface area contributed by atoms with Gasteiger partial charge in [-0.1, -0.05) is 13.8 Å². The molecule has 0 aliphatic carbocycles. The average Bonchev–Trinajstić information content (AvgIpc) is 2.83. The van der Waals surface area contributed by atoms with Crippen LogP contribution in [0.25, 0.3) is 0 Å². The largest absolute Gasteiger partial charge is 0.379 e. The molecule has 2 atom stereocenters. The summed E-state index contributed by atoms with van der Waals surface area (Å²) in [4.78, 5) is 4.30. The molecule has 4 nitrogen and oxygen atoms in total. The molecule has 0 saturated carbocycles. The summed E-state index contributed by atoms with van der Waals surface area (Å²) in [5.41, 5.74) is 1.31. The third-order valence-corrected chi connectivity index (χ3v) is 3.64. The van der Waals surface area contributed by atoms with Gasteiger partial charge in [0.05, 0.1) is 18.6 Å². The number of hydrogen-bond donors (Lipinski definition) is 1. The molecule has 2 heterocycles. The third-order valence-electron chi connectivity index (χ3n) is 3.64. The molecule has 1 aliphatic rings. The molecule has 2 rings (SSSR count). The van der Waals surface area contributed by atoms with Gasteiger partial charge in [0.15, 0.2) is 0 Å². The van der Waals surface area contributed by atoms with Crippen LogP contribution >= 0.6 is 0 Å². The van der Waals surface area contributed by atoms with Crippen LogP contribution < -0.4 is 5.32 Å². The summed E-state index contributed by atoms with van der Waals surface area (Å²) in [6, 6.07) is 1.07. The molecule has 0 radical (unpaired) electrons. The van der Waals surface area contributed by atoms with Crippen molar-refractivity contribution in [3.63, 3.8) is 0 Å². The van der Waals surface area contributed by atoms with Crippen molar-refractivity contribution in [1.29, 1.82) is 0 Å². The van der Waals surface area contributed by atoms with Crippen LogP contribution in [0, 0.1) is 5.92 Å². The summed E-state index contributed by atoms with van der Waals surface area (Å²) in [6.45, 7) is 9.12.